The molecule has 2 atom stereocenters. The summed E-state index contributed by atoms with van der Waals surface area (Å²) in [6.45, 7) is 2.29. The van der Waals surface area contributed by atoms with Crippen molar-refractivity contribution < 1.29 is 19.4 Å². The van der Waals surface area contributed by atoms with Crippen LogP contribution in [-0.2, 0) is 16.1 Å². The van der Waals surface area contributed by atoms with Crippen LogP contribution in [0.15, 0.2) is 24.3 Å². The summed E-state index contributed by atoms with van der Waals surface area (Å²) in [6.07, 6.45) is 0. The van der Waals surface area contributed by atoms with Crippen LogP contribution < -0.4 is 11.1 Å². The Bertz CT molecular complexity index is 514. The highest BCUT2D eigenvalue weighted by atomic mass is 16.5. The second kappa shape index (κ2) is 5.60. The Morgan fingerprint density at radius 3 is 2.65 bits per heavy atom. The monoisotopic (exact) mass is 278 g/mol. The first kappa shape index (κ1) is 14.5. The van der Waals surface area contributed by atoms with Crippen LogP contribution in [0, 0.1) is 5.41 Å². The highest BCUT2D eigenvalue weighted by Gasteiger charge is 2.47. The summed E-state index contributed by atoms with van der Waals surface area (Å²) in [7, 11) is 0. The predicted octanol–water partition coefficient (Wildman–Crippen LogP) is 0.365. The van der Waals surface area contributed by atoms with Gasteiger partial charge < -0.3 is 20.9 Å². The van der Waals surface area contributed by atoms with Crippen molar-refractivity contribution in [3.8, 4) is 0 Å². The molecule has 1 aromatic carbocycles. The summed E-state index contributed by atoms with van der Waals surface area (Å²) in [5, 5.41) is 12.0. The van der Waals surface area contributed by atoms with Crippen LogP contribution in [0.3, 0.4) is 0 Å². The zero-order chi connectivity index (χ0) is 14.8. The van der Waals surface area contributed by atoms with Gasteiger partial charge in [0.15, 0.2) is 0 Å². The Labute approximate surface area is 116 Å². The van der Waals surface area contributed by atoms with Crippen molar-refractivity contribution >= 4 is 11.9 Å². The molecule has 1 aromatic rings. The number of hydrogen-bond acceptors (Lipinski definition) is 4. The third-order valence-corrected chi connectivity index (χ3v) is 3.70. The van der Waals surface area contributed by atoms with Gasteiger partial charge in [0.05, 0.1) is 19.3 Å². The Morgan fingerprint density at radius 1 is 1.45 bits per heavy atom. The van der Waals surface area contributed by atoms with E-state index in [4.69, 9.17) is 10.5 Å². The van der Waals surface area contributed by atoms with E-state index in [2.05, 4.69) is 5.32 Å². The number of nitrogens with two attached hydrogens (primary N) is 1. The fourth-order valence-electron chi connectivity index (χ4n) is 2.12. The number of aliphatic carboxylic acids is 1. The van der Waals surface area contributed by atoms with Crippen molar-refractivity contribution in [1.29, 1.82) is 0 Å². The average Bonchev–Trinajstić information content (AvgIpc) is 2.81. The van der Waals surface area contributed by atoms with E-state index >= 15 is 0 Å². The van der Waals surface area contributed by atoms with Gasteiger partial charge >= 0.3 is 5.97 Å². The summed E-state index contributed by atoms with van der Waals surface area (Å²) < 4.78 is 5.20. The molecule has 1 aliphatic rings. The Hall–Kier alpha value is -1.92. The Balaban J connectivity index is 2.09. The van der Waals surface area contributed by atoms with Crippen LogP contribution in [0.4, 0.5) is 0 Å². The molecular formula is C14H18N2O4. The van der Waals surface area contributed by atoms with Gasteiger partial charge in [0.25, 0.3) is 5.91 Å². The average molecular weight is 278 g/mol. The minimum atomic E-state index is -1.09. The zero-order valence-corrected chi connectivity index (χ0v) is 11.3. The molecule has 6 heteroatoms. The summed E-state index contributed by atoms with van der Waals surface area (Å²) in [4.78, 5) is 23.4. The molecule has 1 saturated heterocycles. The fraction of sp³-hybridized carbons (Fsp3) is 0.429. The third kappa shape index (κ3) is 2.66. The second-order valence-corrected chi connectivity index (χ2v) is 5.16. The molecule has 0 bridgehead atoms. The number of carboxylic acids is 1. The number of carbonyl (C=O) groups is 2. The van der Waals surface area contributed by atoms with Crippen molar-refractivity contribution in [2.24, 2.45) is 11.1 Å². The number of carboxylic acid groups (broad SMARTS) is 1. The van der Waals surface area contributed by atoms with Crippen LogP contribution in [0.2, 0.25) is 0 Å². The number of benzene rings is 1. The topological polar surface area (TPSA) is 102 Å². The molecule has 0 spiro atoms. The van der Waals surface area contributed by atoms with Gasteiger partial charge in [-0.2, -0.15) is 0 Å². The van der Waals surface area contributed by atoms with Crippen molar-refractivity contribution in [3.63, 3.8) is 0 Å². The van der Waals surface area contributed by atoms with Gasteiger partial charge in [-0.1, -0.05) is 12.1 Å². The van der Waals surface area contributed by atoms with E-state index < -0.39 is 17.4 Å². The van der Waals surface area contributed by atoms with Gasteiger partial charge in [0.1, 0.15) is 5.41 Å². The van der Waals surface area contributed by atoms with Crippen molar-refractivity contribution in [2.45, 2.75) is 19.5 Å². The maximum absolute atomic E-state index is 12.1. The standard InChI is InChI=1S/C14H18N2O4/c1-14(13(18)19)8-20-7-11(14)16-12(17)10-4-2-9(6-15)3-5-10/h2-5,11H,6-8,15H2,1H3,(H,16,17)(H,18,19). The van der Waals surface area contributed by atoms with E-state index in [0.717, 1.165) is 5.56 Å². The van der Waals surface area contributed by atoms with Gasteiger partial charge in [-0.15, -0.1) is 0 Å². The number of rotatable bonds is 4. The Morgan fingerprint density at radius 2 is 2.10 bits per heavy atom. The first-order valence-electron chi connectivity index (χ1n) is 6.38. The van der Waals surface area contributed by atoms with E-state index in [9.17, 15) is 14.7 Å². The van der Waals surface area contributed by atoms with Crippen molar-refractivity contribution in [2.75, 3.05) is 13.2 Å². The molecule has 1 fully saturated rings. The normalized spacial score (nSPS) is 25.4. The lowest BCUT2D eigenvalue weighted by atomic mass is 9.85. The first-order chi connectivity index (χ1) is 9.47. The maximum Gasteiger partial charge on any atom is 0.313 e. The van der Waals surface area contributed by atoms with E-state index in [1.165, 1.54) is 0 Å². The van der Waals surface area contributed by atoms with E-state index in [1.54, 1.807) is 31.2 Å². The second-order valence-electron chi connectivity index (χ2n) is 5.16. The van der Waals surface area contributed by atoms with Gasteiger partial charge in [0, 0.05) is 12.1 Å². The van der Waals surface area contributed by atoms with Crippen LogP contribution >= 0.6 is 0 Å². The fourth-order valence-corrected chi connectivity index (χ4v) is 2.12. The summed E-state index contributed by atoms with van der Waals surface area (Å²) >= 11 is 0. The quantitative estimate of drug-likeness (QED) is 0.738. The molecule has 108 valence electrons. The molecule has 20 heavy (non-hydrogen) atoms. The molecule has 4 N–H and O–H groups in total. The smallest absolute Gasteiger partial charge is 0.313 e. The van der Waals surface area contributed by atoms with E-state index in [-0.39, 0.29) is 19.1 Å². The number of nitrogens with one attached hydrogen (secondary N) is 1. The lowest BCUT2D eigenvalue weighted by molar-refractivity contribution is -0.148. The molecular weight excluding hydrogens is 260 g/mol. The number of carbonyl (C=O) groups excluding carboxylic acids is 1. The SMILES string of the molecule is CC1(C(=O)O)COCC1NC(=O)c1ccc(CN)cc1. The van der Waals surface area contributed by atoms with E-state index in [0.29, 0.717) is 12.1 Å². The van der Waals surface area contributed by atoms with Crippen molar-refractivity contribution in [3.05, 3.63) is 35.4 Å². The Kier molecular flexibility index (Phi) is 4.06. The molecule has 1 aliphatic heterocycles. The highest BCUT2D eigenvalue weighted by molar-refractivity contribution is 5.95. The zero-order valence-electron chi connectivity index (χ0n) is 11.3. The van der Waals surface area contributed by atoms with Crippen molar-refractivity contribution in [1.82, 2.24) is 5.32 Å². The largest absolute Gasteiger partial charge is 0.481 e. The molecule has 0 saturated carbocycles. The lowest BCUT2D eigenvalue weighted by Gasteiger charge is -2.25. The van der Waals surface area contributed by atoms with Crippen LogP contribution in [0.1, 0.15) is 22.8 Å². The highest BCUT2D eigenvalue weighted by Crippen LogP contribution is 2.28. The van der Waals surface area contributed by atoms with E-state index in [1.807, 2.05) is 0 Å². The van der Waals surface area contributed by atoms with Crippen LogP contribution in [-0.4, -0.2) is 36.2 Å². The van der Waals surface area contributed by atoms with Gasteiger partial charge in [-0.3, -0.25) is 9.59 Å². The third-order valence-electron chi connectivity index (χ3n) is 3.70. The maximum atomic E-state index is 12.1. The first-order valence-corrected chi connectivity index (χ1v) is 6.38. The lowest BCUT2D eigenvalue weighted by Crippen LogP contribution is -2.49. The summed E-state index contributed by atoms with van der Waals surface area (Å²) in [5.74, 6) is -1.28. The summed E-state index contributed by atoms with van der Waals surface area (Å²) in [5.41, 5.74) is 5.81. The minimum absolute atomic E-state index is 0.0966. The molecule has 0 aliphatic carbocycles. The van der Waals surface area contributed by atoms with Crippen LogP contribution in [0.25, 0.3) is 0 Å². The summed E-state index contributed by atoms with van der Waals surface area (Å²) in [6, 6.07) is 6.35. The molecule has 1 amide bonds. The van der Waals surface area contributed by atoms with Crippen LogP contribution in [0.5, 0.6) is 0 Å². The number of amides is 1. The number of hydrogen-bond donors (Lipinski definition) is 3. The van der Waals surface area contributed by atoms with Gasteiger partial charge in [-0.05, 0) is 24.6 Å². The van der Waals surface area contributed by atoms with Gasteiger partial charge in [0.2, 0.25) is 0 Å². The number of ether oxygens (including phenoxy) is 1. The molecule has 6 nitrogen and oxygen atoms in total. The predicted molar refractivity (Wildman–Crippen MR) is 72.1 cm³/mol. The minimum Gasteiger partial charge on any atom is -0.481 e. The molecule has 2 rings (SSSR count). The molecule has 0 radical (unpaired) electrons. The molecule has 2 unspecified atom stereocenters. The van der Waals surface area contributed by atoms with Gasteiger partial charge in [-0.25, -0.2) is 0 Å². The molecule has 1 heterocycles. The molecule has 0 aromatic heterocycles.